The van der Waals surface area contributed by atoms with Crippen molar-refractivity contribution in [3.05, 3.63) is 78.1 Å². The quantitative estimate of drug-likeness (QED) is 0.617. The minimum absolute atomic E-state index is 0.0143. The second-order valence-electron chi connectivity index (χ2n) is 5.57. The van der Waals surface area contributed by atoms with Crippen LogP contribution in [0, 0.1) is 6.92 Å². The van der Waals surface area contributed by atoms with Gasteiger partial charge in [-0.05, 0) is 30.2 Å². The molecule has 0 unspecified atom stereocenters. The molecule has 132 valence electrons. The number of benzene rings is 2. The van der Waals surface area contributed by atoms with Gasteiger partial charge >= 0.3 is 0 Å². The van der Waals surface area contributed by atoms with Gasteiger partial charge in [-0.15, -0.1) is 0 Å². The first-order valence-electron chi connectivity index (χ1n) is 8.20. The molecule has 4 nitrogen and oxygen atoms in total. The lowest BCUT2D eigenvalue weighted by Gasteiger charge is -2.09. The summed E-state index contributed by atoms with van der Waals surface area (Å²) < 4.78 is 0. The van der Waals surface area contributed by atoms with Crippen molar-refractivity contribution in [2.24, 2.45) is 0 Å². The first kappa shape index (κ1) is 18.5. The van der Waals surface area contributed by atoms with E-state index >= 15 is 0 Å². The van der Waals surface area contributed by atoms with Crippen molar-refractivity contribution in [2.75, 3.05) is 5.75 Å². The molecule has 0 radical (unpaired) electrons. The zero-order chi connectivity index (χ0) is 18.2. The summed E-state index contributed by atoms with van der Waals surface area (Å²) in [4.78, 5) is 22.1. The number of amides is 1. The van der Waals surface area contributed by atoms with Crippen LogP contribution in [0.4, 0.5) is 0 Å². The van der Waals surface area contributed by atoms with Crippen LogP contribution in [0.25, 0.3) is 0 Å². The number of aryl methyl sites for hydroxylation is 1. The van der Waals surface area contributed by atoms with Crippen molar-refractivity contribution in [3.63, 3.8) is 0 Å². The predicted octanol–water partition coefficient (Wildman–Crippen LogP) is 4.34. The van der Waals surface area contributed by atoms with Crippen molar-refractivity contribution in [2.45, 2.75) is 28.4 Å². The van der Waals surface area contributed by atoms with Crippen LogP contribution in [-0.4, -0.2) is 21.6 Å². The maximum absolute atomic E-state index is 12.2. The van der Waals surface area contributed by atoms with Crippen molar-refractivity contribution in [1.29, 1.82) is 0 Å². The third-order valence-corrected chi connectivity index (χ3v) is 5.78. The van der Waals surface area contributed by atoms with Gasteiger partial charge in [0.1, 0.15) is 10.1 Å². The van der Waals surface area contributed by atoms with Gasteiger partial charge in [0.25, 0.3) is 0 Å². The van der Waals surface area contributed by atoms with Crippen LogP contribution in [0.1, 0.15) is 11.1 Å². The molecule has 1 heterocycles. The fraction of sp³-hybridized carbons (Fsp3) is 0.150. The molecule has 0 aliphatic carbocycles. The second kappa shape index (κ2) is 9.40. The van der Waals surface area contributed by atoms with Crippen LogP contribution >= 0.6 is 23.5 Å². The van der Waals surface area contributed by atoms with Crippen LogP contribution in [0.2, 0.25) is 0 Å². The van der Waals surface area contributed by atoms with Gasteiger partial charge < -0.3 is 5.32 Å². The SMILES string of the molecule is Cc1ccccc1CNC(=O)CSc1nccnc1Sc1ccccc1. The number of nitrogens with one attached hydrogen (secondary N) is 1. The molecular formula is C20H19N3OS2. The second-order valence-corrected chi connectivity index (χ2v) is 7.60. The van der Waals surface area contributed by atoms with Gasteiger partial charge in [-0.2, -0.15) is 0 Å². The highest BCUT2D eigenvalue weighted by atomic mass is 32.2. The molecule has 1 amide bonds. The third-order valence-electron chi connectivity index (χ3n) is 3.67. The molecule has 0 saturated carbocycles. The zero-order valence-electron chi connectivity index (χ0n) is 14.4. The molecule has 0 bridgehead atoms. The van der Waals surface area contributed by atoms with E-state index in [-0.39, 0.29) is 5.91 Å². The van der Waals surface area contributed by atoms with E-state index in [1.54, 1.807) is 24.2 Å². The average Bonchev–Trinajstić information content (AvgIpc) is 2.67. The first-order chi connectivity index (χ1) is 12.7. The maximum atomic E-state index is 12.2. The van der Waals surface area contributed by atoms with Gasteiger partial charge in [0.05, 0.1) is 5.75 Å². The fourth-order valence-electron chi connectivity index (χ4n) is 2.27. The Balaban J connectivity index is 1.56. The van der Waals surface area contributed by atoms with Crippen LogP contribution in [0.3, 0.4) is 0 Å². The van der Waals surface area contributed by atoms with E-state index < -0.39 is 0 Å². The van der Waals surface area contributed by atoms with E-state index in [1.807, 2.05) is 61.5 Å². The topological polar surface area (TPSA) is 54.9 Å². The number of nitrogens with zero attached hydrogens (tertiary/aromatic N) is 2. The van der Waals surface area contributed by atoms with Gasteiger partial charge in [0.2, 0.25) is 5.91 Å². The highest BCUT2D eigenvalue weighted by molar-refractivity contribution is 8.02. The summed E-state index contributed by atoms with van der Waals surface area (Å²) in [6.45, 7) is 2.58. The summed E-state index contributed by atoms with van der Waals surface area (Å²) >= 11 is 2.96. The standard InChI is InChI=1S/C20H19N3OS2/c1-15-7-5-6-8-16(15)13-23-18(24)14-25-19-20(22-12-11-21-19)26-17-9-3-2-4-10-17/h2-12H,13-14H2,1H3,(H,23,24). The molecule has 0 atom stereocenters. The Bertz CT molecular complexity index is 872. The molecular weight excluding hydrogens is 362 g/mol. The monoisotopic (exact) mass is 381 g/mol. The molecule has 1 aromatic heterocycles. The van der Waals surface area contributed by atoms with Gasteiger partial charge in [-0.1, -0.05) is 66.0 Å². The zero-order valence-corrected chi connectivity index (χ0v) is 16.0. The number of rotatable bonds is 7. The number of thioether (sulfide) groups is 1. The van der Waals surface area contributed by atoms with Gasteiger partial charge in [0.15, 0.2) is 0 Å². The van der Waals surface area contributed by atoms with Gasteiger partial charge in [0, 0.05) is 23.8 Å². The van der Waals surface area contributed by atoms with E-state index in [0.717, 1.165) is 20.5 Å². The van der Waals surface area contributed by atoms with Crippen LogP contribution in [-0.2, 0) is 11.3 Å². The Morgan fingerprint density at radius 3 is 2.42 bits per heavy atom. The number of carbonyl (C=O) groups excluding carboxylic acids is 1. The Morgan fingerprint density at radius 2 is 1.65 bits per heavy atom. The number of hydrogen-bond donors (Lipinski definition) is 1. The lowest BCUT2D eigenvalue weighted by atomic mass is 10.1. The summed E-state index contributed by atoms with van der Waals surface area (Å²) in [5.74, 6) is 0.298. The number of carbonyl (C=O) groups is 1. The normalized spacial score (nSPS) is 10.5. The van der Waals surface area contributed by atoms with Crippen molar-refractivity contribution < 1.29 is 4.79 Å². The lowest BCUT2D eigenvalue weighted by Crippen LogP contribution is -2.25. The number of hydrogen-bond acceptors (Lipinski definition) is 5. The Kier molecular flexibility index (Phi) is 6.68. The molecule has 2 aromatic carbocycles. The molecule has 26 heavy (non-hydrogen) atoms. The largest absolute Gasteiger partial charge is 0.351 e. The molecule has 0 aliphatic rings. The molecule has 0 saturated heterocycles. The van der Waals surface area contributed by atoms with E-state index in [0.29, 0.717) is 12.3 Å². The van der Waals surface area contributed by atoms with Crippen LogP contribution in [0.15, 0.2) is 81.9 Å². The smallest absolute Gasteiger partial charge is 0.230 e. The van der Waals surface area contributed by atoms with Gasteiger partial charge in [-0.25, -0.2) is 9.97 Å². The molecule has 3 aromatic rings. The predicted molar refractivity (Wildman–Crippen MR) is 106 cm³/mol. The Labute approximate surface area is 161 Å². The maximum Gasteiger partial charge on any atom is 0.230 e. The third kappa shape index (κ3) is 5.34. The van der Waals surface area contributed by atoms with Crippen LogP contribution < -0.4 is 5.32 Å². The fourth-order valence-corrected chi connectivity index (χ4v) is 4.02. The minimum atomic E-state index is -0.0143. The molecule has 0 fully saturated rings. The average molecular weight is 382 g/mol. The summed E-state index contributed by atoms with van der Waals surface area (Å²) in [7, 11) is 0. The summed E-state index contributed by atoms with van der Waals surface area (Å²) in [5.41, 5.74) is 2.31. The highest BCUT2D eigenvalue weighted by Crippen LogP contribution is 2.32. The summed E-state index contributed by atoms with van der Waals surface area (Å²) in [6.07, 6.45) is 3.33. The molecule has 3 rings (SSSR count). The van der Waals surface area contributed by atoms with Crippen LogP contribution in [0.5, 0.6) is 0 Å². The highest BCUT2D eigenvalue weighted by Gasteiger charge is 2.10. The van der Waals surface area contributed by atoms with E-state index in [4.69, 9.17) is 0 Å². The molecule has 6 heteroatoms. The lowest BCUT2D eigenvalue weighted by molar-refractivity contribution is -0.118. The first-order valence-corrected chi connectivity index (χ1v) is 10.0. The van der Waals surface area contributed by atoms with Crippen molar-refractivity contribution in [1.82, 2.24) is 15.3 Å². The minimum Gasteiger partial charge on any atom is -0.351 e. The molecule has 1 N–H and O–H groups in total. The van der Waals surface area contributed by atoms with Crippen molar-refractivity contribution >= 4 is 29.4 Å². The number of aromatic nitrogens is 2. The van der Waals surface area contributed by atoms with Gasteiger partial charge in [-0.3, -0.25) is 4.79 Å². The van der Waals surface area contributed by atoms with Crippen molar-refractivity contribution in [3.8, 4) is 0 Å². The summed E-state index contributed by atoms with van der Waals surface area (Å²) in [5, 5.41) is 4.55. The van der Waals surface area contributed by atoms with E-state index in [9.17, 15) is 4.79 Å². The van der Waals surface area contributed by atoms with E-state index in [1.165, 1.54) is 17.3 Å². The molecule has 0 aliphatic heterocycles. The Morgan fingerprint density at radius 1 is 0.962 bits per heavy atom. The Hall–Kier alpha value is -2.31. The summed E-state index contributed by atoms with van der Waals surface area (Å²) in [6, 6.07) is 18.1. The molecule has 0 spiro atoms. The van der Waals surface area contributed by atoms with E-state index in [2.05, 4.69) is 15.3 Å².